The van der Waals surface area contributed by atoms with Gasteiger partial charge in [-0.1, -0.05) is 39.1 Å². The Balaban J connectivity index is 2.55. The molecule has 5 heteroatoms. The van der Waals surface area contributed by atoms with Crippen LogP contribution in [0.2, 0.25) is 10.0 Å². The normalized spacial score (nSPS) is 12.5. The summed E-state index contributed by atoms with van der Waals surface area (Å²) in [6.45, 7) is 0. The monoisotopic (exact) mass is 361 g/mol. The Morgan fingerprint density at radius 2 is 1.84 bits per heavy atom. The van der Waals surface area contributed by atoms with E-state index in [0.29, 0.717) is 15.6 Å². The Hall–Kier alpha value is -0.610. The van der Waals surface area contributed by atoms with Gasteiger partial charge >= 0.3 is 0 Å². The van der Waals surface area contributed by atoms with Crippen LogP contribution in [0.15, 0.2) is 40.9 Å². The third-order valence-electron chi connectivity index (χ3n) is 2.83. The van der Waals surface area contributed by atoms with Gasteiger partial charge in [0.1, 0.15) is 5.82 Å². The molecule has 1 unspecified atom stereocenters. The van der Waals surface area contributed by atoms with Crippen LogP contribution >= 0.6 is 39.1 Å². The summed E-state index contributed by atoms with van der Waals surface area (Å²) in [5.74, 6) is -0.321. The molecule has 0 aliphatic rings. The molecule has 0 radical (unpaired) electrons. The molecule has 0 saturated heterocycles. The lowest BCUT2D eigenvalue weighted by atomic mass is 9.98. The first-order chi connectivity index (χ1) is 9.02. The molecule has 0 bridgehead atoms. The fourth-order valence-electron chi connectivity index (χ4n) is 1.95. The van der Waals surface area contributed by atoms with Gasteiger partial charge in [-0.2, -0.15) is 0 Å². The number of benzene rings is 2. The minimum Gasteiger partial charge on any atom is -0.309 e. The lowest BCUT2D eigenvalue weighted by Gasteiger charge is -2.20. The lowest BCUT2D eigenvalue weighted by molar-refractivity contribution is 0.616. The van der Waals surface area contributed by atoms with Crippen LogP contribution in [0, 0.1) is 5.82 Å². The van der Waals surface area contributed by atoms with Gasteiger partial charge in [0.05, 0.1) is 6.04 Å². The van der Waals surface area contributed by atoms with Crippen LogP contribution in [0.4, 0.5) is 4.39 Å². The van der Waals surface area contributed by atoms with Crippen LogP contribution < -0.4 is 5.32 Å². The predicted molar refractivity (Wildman–Crippen MR) is 81.5 cm³/mol. The summed E-state index contributed by atoms with van der Waals surface area (Å²) >= 11 is 15.7. The van der Waals surface area contributed by atoms with Gasteiger partial charge in [0.25, 0.3) is 0 Å². The fourth-order valence-corrected chi connectivity index (χ4v) is 2.83. The van der Waals surface area contributed by atoms with Crippen molar-refractivity contribution >= 4 is 39.1 Å². The summed E-state index contributed by atoms with van der Waals surface area (Å²) in [6.07, 6.45) is 0. The van der Waals surface area contributed by atoms with Crippen molar-refractivity contribution in [3.05, 3.63) is 67.9 Å². The van der Waals surface area contributed by atoms with Crippen molar-refractivity contribution in [2.24, 2.45) is 0 Å². The molecule has 0 aromatic heterocycles. The number of nitrogens with one attached hydrogen (secondary N) is 1. The van der Waals surface area contributed by atoms with E-state index in [9.17, 15) is 4.39 Å². The average molecular weight is 363 g/mol. The van der Waals surface area contributed by atoms with E-state index in [0.717, 1.165) is 10.0 Å². The topological polar surface area (TPSA) is 12.0 Å². The zero-order chi connectivity index (χ0) is 14.0. The second-order valence-electron chi connectivity index (χ2n) is 4.05. The van der Waals surface area contributed by atoms with Crippen molar-refractivity contribution in [3.8, 4) is 0 Å². The van der Waals surface area contributed by atoms with Crippen molar-refractivity contribution in [1.82, 2.24) is 5.32 Å². The van der Waals surface area contributed by atoms with E-state index < -0.39 is 0 Å². The molecule has 0 spiro atoms. The molecule has 2 rings (SSSR count). The molecular formula is C14H11BrCl2FN. The number of halogens is 4. The first-order valence-electron chi connectivity index (χ1n) is 5.60. The summed E-state index contributed by atoms with van der Waals surface area (Å²) in [5.41, 5.74) is 1.58. The summed E-state index contributed by atoms with van der Waals surface area (Å²) in [6, 6.07) is 9.55. The van der Waals surface area contributed by atoms with Crippen LogP contribution in [0.25, 0.3) is 0 Å². The number of rotatable bonds is 3. The van der Waals surface area contributed by atoms with Gasteiger partial charge in [0.2, 0.25) is 0 Å². The van der Waals surface area contributed by atoms with Crippen LogP contribution in [-0.4, -0.2) is 7.05 Å². The highest BCUT2D eigenvalue weighted by atomic mass is 79.9. The second kappa shape index (κ2) is 6.23. The summed E-state index contributed by atoms with van der Waals surface area (Å²) in [4.78, 5) is 0. The Bertz CT molecular complexity index is 552. The summed E-state index contributed by atoms with van der Waals surface area (Å²) < 4.78 is 14.3. The molecule has 0 amide bonds. The molecule has 1 N–H and O–H groups in total. The zero-order valence-electron chi connectivity index (χ0n) is 10.1. The van der Waals surface area contributed by atoms with Crippen molar-refractivity contribution in [1.29, 1.82) is 0 Å². The number of hydrogen-bond acceptors (Lipinski definition) is 1. The molecule has 0 heterocycles. The molecule has 100 valence electrons. The molecule has 1 nitrogen and oxygen atoms in total. The van der Waals surface area contributed by atoms with Gasteiger partial charge in [0.15, 0.2) is 0 Å². The maximum atomic E-state index is 13.4. The first kappa shape index (κ1) is 14.8. The minimum absolute atomic E-state index is 0.240. The van der Waals surface area contributed by atoms with Gasteiger partial charge in [-0.3, -0.25) is 0 Å². The molecule has 19 heavy (non-hydrogen) atoms. The fraction of sp³-hybridized carbons (Fsp3) is 0.143. The van der Waals surface area contributed by atoms with Crippen molar-refractivity contribution < 1.29 is 4.39 Å². The second-order valence-corrected chi connectivity index (χ2v) is 5.75. The Labute approximate surface area is 129 Å². The molecule has 2 aromatic carbocycles. The van der Waals surface area contributed by atoms with E-state index >= 15 is 0 Å². The van der Waals surface area contributed by atoms with Gasteiger partial charge in [0, 0.05) is 14.5 Å². The number of hydrogen-bond donors (Lipinski definition) is 1. The van der Waals surface area contributed by atoms with Crippen LogP contribution in [0.5, 0.6) is 0 Å². The van der Waals surface area contributed by atoms with Crippen molar-refractivity contribution in [2.75, 3.05) is 7.05 Å². The summed E-state index contributed by atoms with van der Waals surface area (Å²) in [7, 11) is 1.79. The third-order valence-corrected chi connectivity index (χ3v) is 4.13. The Morgan fingerprint density at radius 3 is 2.53 bits per heavy atom. The zero-order valence-corrected chi connectivity index (χ0v) is 13.2. The molecule has 1 atom stereocenters. The predicted octanol–water partition coefficient (Wildman–Crippen LogP) is 5.20. The van der Waals surface area contributed by atoms with E-state index in [1.807, 2.05) is 12.1 Å². The maximum Gasteiger partial charge on any atom is 0.123 e. The van der Waals surface area contributed by atoms with Gasteiger partial charge < -0.3 is 5.32 Å². The Kier molecular flexibility index (Phi) is 4.85. The Morgan fingerprint density at radius 1 is 1.11 bits per heavy atom. The van der Waals surface area contributed by atoms with Crippen molar-refractivity contribution in [3.63, 3.8) is 0 Å². The largest absolute Gasteiger partial charge is 0.309 e. The summed E-state index contributed by atoms with van der Waals surface area (Å²) in [5, 5.41) is 4.25. The van der Waals surface area contributed by atoms with Gasteiger partial charge in [-0.15, -0.1) is 0 Å². The SMILES string of the molecule is CNC(c1cc(F)ccc1Cl)c1cc(Cl)ccc1Br. The maximum absolute atomic E-state index is 13.4. The highest BCUT2D eigenvalue weighted by Crippen LogP contribution is 2.34. The third kappa shape index (κ3) is 3.29. The molecule has 0 fully saturated rings. The molecular weight excluding hydrogens is 352 g/mol. The molecule has 2 aromatic rings. The lowest BCUT2D eigenvalue weighted by Crippen LogP contribution is -2.18. The van der Waals surface area contributed by atoms with E-state index in [2.05, 4.69) is 21.2 Å². The van der Waals surface area contributed by atoms with E-state index in [1.54, 1.807) is 19.2 Å². The van der Waals surface area contributed by atoms with Gasteiger partial charge in [-0.05, 0) is 54.6 Å². The van der Waals surface area contributed by atoms with Crippen molar-refractivity contribution in [2.45, 2.75) is 6.04 Å². The minimum atomic E-state index is -0.321. The molecule has 0 aliphatic carbocycles. The van der Waals surface area contributed by atoms with Crippen LogP contribution in [0.1, 0.15) is 17.2 Å². The quantitative estimate of drug-likeness (QED) is 0.790. The highest BCUT2D eigenvalue weighted by Gasteiger charge is 2.18. The smallest absolute Gasteiger partial charge is 0.123 e. The van der Waals surface area contributed by atoms with Crippen LogP contribution in [0.3, 0.4) is 0 Å². The van der Waals surface area contributed by atoms with E-state index in [-0.39, 0.29) is 11.9 Å². The first-order valence-corrected chi connectivity index (χ1v) is 7.15. The van der Waals surface area contributed by atoms with Crippen LogP contribution in [-0.2, 0) is 0 Å². The van der Waals surface area contributed by atoms with E-state index in [4.69, 9.17) is 23.2 Å². The molecule has 0 saturated carbocycles. The molecule has 0 aliphatic heterocycles. The average Bonchev–Trinajstić information content (AvgIpc) is 2.38. The van der Waals surface area contributed by atoms with E-state index in [1.165, 1.54) is 12.1 Å². The van der Waals surface area contributed by atoms with Gasteiger partial charge in [-0.25, -0.2) is 4.39 Å². The highest BCUT2D eigenvalue weighted by molar-refractivity contribution is 9.10. The standard InChI is InChI=1S/C14H11BrCl2FN/c1-19-14(10-6-8(16)2-4-12(10)15)11-7-9(18)3-5-13(11)17/h2-7,14,19H,1H3.